The normalized spacial score (nSPS) is 14.9. The van der Waals surface area contributed by atoms with Crippen LogP contribution in [0.15, 0.2) is 47.3 Å². The predicted molar refractivity (Wildman–Crippen MR) is 94.3 cm³/mol. The van der Waals surface area contributed by atoms with Gasteiger partial charge in [-0.25, -0.2) is 4.79 Å². The third-order valence-electron chi connectivity index (χ3n) is 4.36. The molecule has 0 spiro atoms. The minimum atomic E-state index is -0.381. The van der Waals surface area contributed by atoms with Gasteiger partial charge < -0.3 is 18.8 Å². The summed E-state index contributed by atoms with van der Waals surface area (Å²) in [7, 11) is 1.35. The van der Waals surface area contributed by atoms with E-state index >= 15 is 0 Å². The number of amides is 1. The summed E-state index contributed by atoms with van der Waals surface area (Å²) in [5, 5.41) is 0. The van der Waals surface area contributed by atoms with Gasteiger partial charge in [-0.05, 0) is 24.3 Å². The molecule has 0 bridgehead atoms. The summed E-state index contributed by atoms with van der Waals surface area (Å²) in [6, 6.07) is 8.63. The van der Waals surface area contributed by atoms with E-state index in [0.717, 1.165) is 19.6 Å². The van der Waals surface area contributed by atoms with Gasteiger partial charge in [-0.15, -0.1) is 0 Å². The van der Waals surface area contributed by atoms with Crippen molar-refractivity contribution in [1.82, 2.24) is 9.80 Å². The van der Waals surface area contributed by atoms with Gasteiger partial charge in [0.15, 0.2) is 0 Å². The van der Waals surface area contributed by atoms with Crippen LogP contribution in [0.3, 0.4) is 0 Å². The lowest BCUT2D eigenvalue weighted by Gasteiger charge is -2.34. The molecule has 0 atom stereocenters. The highest BCUT2D eigenvalue weighted by atomic mass is 16.5. The van der Waals surface area contributed by atoms with Crippen LogP contribution in [-0.4, -0.2) is 68.1 Å². The Balaban J connectivity index is 1.42. The fraction of sp³-hybridized carbons (Fsp3) is 0.368. The Bertz CT molecular complexity index is 736. The van der Waals surface area contributed by atoms with E-state index in [1.807, 2.05) is 11.0 Å². The number of carbonyl (C=O) groups is 2. The molecule has 0 N–H and O–H groups in total. The molecule has 138 valence electrons. The molecule has 1 aromatic carbocycles. The van der Waals surface area contributed by atoms with Crippen LogP contribution in [0.4, 0.5) is 0 Å². The van der Waals surface area contributed by atoms with Gasteiger partial charge in [0.1, 0.15) is 18.6 Å². The average molecular weight is 358 g/mol. The monoisotopic (exact) mass is 358 g/mol. The smallest absolute Gasteiger partial charge is 0.337 e. The van der Waals surface area contributed by atoms with Crippen LogP contribution in [0.5, 0.6) is 5.75 Å². The van der Waals surface area contributed by atoms with Crippen LogP contribution in [0, 0.1) is 0 Å². The maximum Gasteiger partial charge on any atom is 0.337 e. The summed E-state index contributed by atoms with van der Waals surface area (Å²) in [5.74, 6) is 0.268. The second-order valence-electron chi connectivity index (χ2n) is 6.01. The van der Waals surface area contributed by atoms with Crippen molar-refractivity contribution in [2.45, 2.75) is 0 Å². The molecule has 3 rings (SSSR count). The molecule has 1 aliphatic heterocycles. The first kappa shape index (κ1) is 18.0. The highest BCUT2D eigenvalue weighted by molar-refractivity contribution is 5.93. The van der Waals surface area contributed by atoms with E-state index in [0.29, 0.717) is 36.6 Å². The highest BCUT2D eigenvalue weighted by Gasteiger charge is 2.22. The lowest BCUT2D eigenvalue weighted by atomic mass is 10.2. The quantitative estimate of drug-likeness (QED) is 0.735. The van der Waals surface area contributed by atoms with E-state index in [-0.39, 0.29) is 11.9 Å². The molecular weight excluding hydrogens is 336 g/mol. The molecule has 1 aliphatic rings. The lowest BCUT2D eigenvalue weighted by Crippen LogP contribution is -2.49. The summed E-state index contributed by atoms with van der Waals surface area (Å²) in [4.78, 5) is 27.9. The zero-order valence-corrected chi connectivity index (χ0v) is 14.7. The molecule has 0 radical (unpaired) electrons. The van der Waals surface area contributed by atoms with Crippen molar-refractivity contribution in [2.75, 3.05) is 46.4 Å². The molecule has 7 nitrogen and oxygen atoms in total. The van der Waals surface area contributed by atoms with E-state index in [2.05, 4.69) is 4.90 Å². The number of methoxy groups -OCH3 is 1. The molecule has 0 aliphatic carbocycles. The van der Waals surface area contributed by atoms with Crippen LogP contribution in [0.1, 0.15) is 20.7 Å². The SMILES string of the molecule is COC(=O)c1cccc(OCCN2CCN(C(=O)c3ccoc3)CC2)c1. The van der Waals surface area contributed by atoms with E-state index in [9.17, 15) is 9.59 Å². The molecule has 26 heavy (non-hydrogen) atoms. The first-order valence-electron chi connectivity index (χ1n) is 8.52. The summed E-state index contributed by atoms with van der Waals surface area (Å²) >= 11 is 0. The fourth-order valence-electron chi connectivity index (χ4n) is 2.87. The van der Waals surface area contributed by atoms with Gasteiger partial charge in [-0.3, -0.25) is 9.69 Å². The number of furan rings is 1. The number of benzene rings is 1. The van der Waals surface area contributed by atoms with Crippen LogP contribution >= 0.6 is 0 Å². The van der Waals surface area contributed by atoms with Crippen molar-refractivity contribution < 1.29 is 23.5 Å². The van der Waals surface area contributed by atoms with Crippen molar-refractivity contribution in [2.24, 2.45) is 0 Å². The molecule has 7 heteroatoms. The van der Waals surface area contributed by atoms with Crippen LogP contribution in [0.25, 0.3) is 0 Å². The van der Waals surface area contributed by atoms with Crippen LogP contribution in [-0.2, 0) is 4.74 Å². The topological polar surface area (TPSA) is 72.2 Å². The van der Waals surface area contributed by atoms with Gasteiger partial charge in [0.05, 0.1) is 24.5 Å². The minimum absolute atomic E-state index is 0.00859. The third-order valence-corrected chi connectivity index (χ3v) is 4.36. The van der Waals surface area contributed by atoms with Gasteiger partial charge >= 0.3 is 5.97 Å². The largest absolute Gasteiger partial charge is 0.492 e. The summed E-state index contributed by atoms with van der Waals surface area (Å²) in [5.41, 5.74) is 1.06. The van der Waals surface area contributed by atoms with Gasteiger partial charge in [0, 0.05) is 32.7 Å². The number of ether oxygens (including phenoxy) is 2. The van der Waals surface area contributed by atoms with Crippen molar-refractivity contribution in [1.29, 1.82) is 0 Å². The number of rotatable bonds is 6. The van der Waals surface area contributed by atoms with Gasteiger partial charge in [0.25, 0.3) is 5.91 Å². The number of carbonyl (C=O) groups excluding carboxylic acids is 2. The maximum absolute atomic E-state index is 12.3. The zero-order valence-electron chi connectivity index (χ0n) is 14.7. The molecule has 0 saturated carbocycles. The van der Waals surface area contributed by atoms with Crippen molar-refractivity contribution in [3.63, 3.8) is 0 Å². The second-order valence-corrected chi connectivity index (χ2v) is 6.01. The van der Waals surface area contributed by atoms with Gasteiger partial charge in [-0.2, -0.15) is 0 Å². The Morgan fingerprint density at radius 2 is 1.92 bits per heavy atom. The second kappa shape index (κ2) is 8.53. The number of hydrogen-bond acceptors (Lipinski definition) is 6. The Labute approximate surface area is 152 Å². The fourth-order valence-corrected chi connectivity index (χ4v) is 2.87. The van der Waals surface area contributed by atoms with Crippen molar-refractivity contribution in [3.05, 3.63) is 54.0 Å². The third kappa shape index (κ3) is 4.43. The first-order valence-corrected chi connectivity index (χ1v) is 8.52. The number of hydrogen-bond donors (Lipinski definition) is 0. The van der Waals surface area contributed by atoms with E-state index in [1.54, 1.807) is 24.3 Å². The zero-order chi connectivity index (χ0) is 18.4. The van der Waals surface area contributed by atoms with Crippen molar-refractivity contribution >= 4 is 11.9 Å². The summed E-state index contributed by atoms with van der Waals surface area (Å²) < 4.78 is 15.4. The lowest BCUT2D eigenvalue weighted by molar-refractivity contribution is 0.0594. The average Bonchev–Trinajstić information content (AvgIpc) is 3.22. The standard InChI is InChI=1S/C19H22N2O5/c1-24-19(23)15-3-2-4-17(13-15)26-12-10-20-6-8-21(9-7-20)18(22)16-5-11-25-14-16/h2-5,11,13-14H,6-10,12H2,1H3. The van der Waals surface area contributed by atoms with E-state index < -0.39 is 0 Å². The molecule has 2 heterocycles. The minimum Gasteiger partial charge on any atom is -0.492 e. The van der Waals surface area contributed by atoms with E-state index in [4.69, 9.17) is 13.9 Å². The number of nitrogens with zero attached hydrogens (tertiary/aromatic N) is 2. The Morgan fingerprint density at radius 3 is 2.62 bits per heavy atom. The molecule has 2 aromatic rings. The van der Waals surface area contributed by atoms with Gasteiger partial charge in [0.2, 0.25) is 0 Å². The Kier molecular flexibility index (Phi) is 5.91. The number of piperazine rings is 1. The highest BCUT2D eigenvalue weighted by Crippen LogP contribution is 2.14. The molecule has 0 unspecified atom stereocenters. The van der Waals surface area contributed by atoms with E-state index in [1.165, 1.54) is 19.6 Å². The Hall–Kier alpha value is -2.80. The van der Waals surface area contributed by atoms with Gasteiger partial charge in [-0.1, -0.05) is 6.07 Å². The molecule has 1 fully saturated rings. The molecule has 1 aromatic heterocycles. The first-order chi connectivity index (χ1) is 12.7. The summed E-state index contributed by atoms with van der Waals surface area (Å²) in [6.45, 7) is 4.24. The summed E-state index contributed by atoms with van der Waals surface area (Å²) in [6.07, 6.45) is 2.99. The molecular formula is C19H22N2O5. The predicted octanol–water partition coefficient (Wildman–Crippen LogP) is 1.90. The Morgan fingerprint density at radius 1 is 1.12 bits per heavy atom. The van der Waals surface area contributed by atoms with Crippen molar-refractivity contribution in [3.8, 4) is 5.75 Å². The number of esters is 1. The van der Waals surface area contributed by atoms with Crippen LogP contribution < -0.4 is 4.74 Å². The maximum atomic E-state index is 12.3. The molecule has 1 saturated heterocycles. The van der Waals surface area contributed by atoms with Crippen LogP contribution in [0.2, 0.25) is 0 Å². The molecule has 1 amide bonds.